The maximum absolute atomic E-state index is 11.2. The Labute approximate surface area is 128 Å². The third-order valence-electron chi connectivity index (χ3n) is 3.70. The lowest BCUT2D eigenvalue weighted by Gasteiger charge is -2.23. The van der Waals surface area contributed by atoms with Crippen molar-refractivity contribution < 1.29 is 4.79 Å². The number of nitrogens with one attached hydrogen (secondary N) is 1. The summed E-state index contributed by atoms with van der Waals surface area (Å²) < 4.78 is 0. The molecule has 3 heterocycles. The predicted molar refractivity (Wildman–Crippen MR) is 82.3 cm³/mol. The van der Waals surface area contributed by atoms with Crippen LogP contribution in [0.15, 0.2) is 36.8 Å². The molecule has 114 valence electrons. The highest BCUT2D eigenvalue weighted by atomic mass is 16.1. The van der Waals surface area contributed by atoms with Crippen LogP contribution < -0.4 is 11.1 Å². The van der Waals surface area contributed by atoms with E-state index in [0.29, 0.717) is 11.8 Å². The van der Waals surface area contributed by atoms with Gasteiger partial charge in [0.15, 0.2) is 0 Å². The average Bonchev–Trinajstić information content (AvgIpc) is 2.96. The second-order valence-corrected chi connectivity index (χ2v) is 5.27. The minimum atomic E-state index is -0.294. The average molecular weight is 298 g/mol. The van der Waals surface area contributed by atoms with Gasteiger partial charge in [0, 0.05) is 24.6 Å². The number of hydrogen-bond donors (Lipinski definition) is 2. The zero-order chi connectivity index (χ0) is 15.4. The Balaban J connectivity index is 1.77. The summed E-state index contributed by atoms with van der Waals surface area (Å²) in [7, 11) is 0. The van der Waals surface area contributed by atoms with Crippen LogP contribution in [0.3, 0.4) is 0 Å². The van der Waals surface area contributed by atoms with Gasteiger partial charge < -0.3 is 11.1 Å². The van der Waals surface area contributed by atoms with E-state index in [-0.39, 0.29) is 18.5 Å². The molecule has 1 unspecified atom stereocenters. The van der Waals surface area contributed by atoms with Crippen molar-refractivity contribution in [1.29, 1.82) is 0 Å². The second-order valence-electron chi connectivity index (χ2n) is 5.27. The Morgan fingerprint density at radius 1 is 1.32 bits per heavy atom. The standard InChI is InChI=1S/C15H18N6O/c16-13(22)10-21-8-1-3-12(21)11-4-7-17-14(9-11)20-15-18-5-2-6-19-15/h2,4-7,9,12H,1,3,8,10H2,(H2,16,22)(H,17,18,19,20). The van der Waals surface area contributed by atoms with Crippen molar-refractivity contribution in [2.24, 2.45) is 5.73 Å². The quantitative estimate of drug-likeness (QED) is 0.862. The van der Waals surface area contributed by atoms with Gasteiger partial charge in [-0.05, 0) is 43.1 Å². The van der Waals surface area contributed by atoms with Crippen molar-refractivity contribution in [1.82, 2.24) is 19.9 Å². The number of hydrogen-bond acceptors (Lipinski definition) is 6. The van der Waals surface area contributed by atoms with E-state index in [9.17, 15) is 4.79 Å². The molecule has 1 amide bonds. The van der Waals surface area contributed by atoms with Crippen LogP contribution in [0.2, 0.25) is 0 Å². The van der Waals surface area contributed by atoms with Gasteiger partial charge in [0.25, 0.3) is 0 Å². The normalized spacial score (nSPS) is 18.3. The molecule has 0 bridgehead atoms. The lowest BCUT2D eigenvalue weighted by molar-refractivity contribution is -0.119. The smallest absolute Gasteiger partial charge is 0.231 e. The fourth-order valence-corrected chi connectivity index (χ4v) is 2.79. The van der Waals surface area contributed by atoms with Crippen LogP contribution in [0.4, 0.5) is 11.8 Å². The molecule has 7 nitrogen and oxygen atoms in total. The van der Waals surface area contributed by atoms with Crippen LogP contribution in [0.1, 0.15) is 24.4 Å². The molecule has 1 saturated heterocycles. The van der Waals surface area contributed by atoms with Crippen molar-refractivity contribution in [2.45, 2.75) is 18.9 Å². The lowest BCUT2D eigenvalue weighted by atomic mass is 10.1. The number of nitrogens with two attached hydrogens (primary N) is 1. The van der Waals surface area contributed by atoms with Crippen molar-refractivity contribution in [3.63, 3.8) is 0 Å². The molecule has 2 aromatic rings. The molecule has 0 saturated carbocycles. The molecule has 0 spiro atoms. The first-order valence-corrected chi connectivity index (χ1v) is 7.25. The Hall–Kier alpha value is -2.54. The zero-order valence-electron chi connectivity index (χ0n) is 12.1. The SMILES string of the molecule is NC(=O)CN1CCCC1c1ccnc(Nc2ncccn2)c1. The summed E-state index contributed by atoms with van der Waals surface area (Å²) in [6, 6.07) is 5.91. The number of carbonyl (C=O) groups is 1. The Bertz CT molecular complexity index is 647. The summed E-state index contributed by atoms with van der Waals surface area (Å²) in [5.41, 5.74) is 6.44. The Morgan fingerprint density at radius 2 is 2.14 bits per heavy atom. The molecule has 0 aliphatic carbocycles. The second kappa shape index (κ2) is 6.48. The van der Waals surface area contributed by atoms with E-state index in [0.717, 1.165) is 24.9 Å². The molecule has 0 radical (unpaired) electrons. The molecule has 2 aromatic heterocycles. The molecule has 22 heavy (non-hydrogen) atoms. The molecular formula is C15H18N6O. The van der Waals surface area contributed by atoms with E-state index in [2.05, 4.69) is 25.2 Å². The van der Waals surface area contributed by atoms with Gasteiger partial charge in [-0.15, -0.1) is 0 Å². The number of likely N-dealkylation sites (tertiary alicyclic amines) is 1. The number of carbonyl (C=O) groups excluding carboxylic acids is 1. The van der Waals surface area contributed by atoms with Gasteiger partial charge >= 0.3 is 0 Å². The fourth-order valence-electron chi connectivity index (χ4n) is 2.79. The first kappa shape index (κ1) is 14.4. The molecule has 3 rings (SSSR count). The summed E-state index contributed by atoms with van der Waals surface area (Å²) in [5, 5.41) is 3.08. The van der Waals surface area contributed by atoms with Crippen molar-refractivity contribution in [3.05, 3.63) is 42.4 Å². The van der Waals surface area contributed by atoms with Gasteiger partial charge in [0.05, 0.1) is 6.54 Å². The van der Waals surface area contributed by atoms with E-state index < -0.39 is 0 Å². The predicted octanol–water partition coefficient (Wildman–Crippen LogP) is 1.24. The third kappa shape index (κ3) is 3.37. The zero-order valence-corrected chi connectivity index (χ0v) is 12.1. The minimum absolute atomic E-state index is 0.202. The van der Waals surface area contributed by atoms with Crippen LogP contribution in [0.25, 0.3) is 0 Å². The molecule has 1 aliphatic rings. The molecule has 7 heteroatoms. The number of pyridine rings is 1. The first-order valence-electron chi connectivity index (χ1n) is 7.25. The van der Waals surface area contributed by atoms with E-state index in [1.54, 1.807) is 24.7 Å². The molecule has 1 atom stereocenters. The summed E-state index contributed by atoms with van der Waals surface area (Å²) in [6.45, 7) is 1.18. The van der Waals surface area contributed by atoms with Crippen LogP contribution in [0, 0.1) is 0 Å². The van der Waals surface area contributed by atoms with E-state index >= 15 is 0 Å². The minimum Gasteiger partial charge on any atom is -0.369 e. The topological polar surface area (TPSA) is 97.0 Å². The van der Waals surface area contributed by atoms with E-state index in [4.69, 9.17) is 5.73 Å². The van der Waals surface area contributed by atoms with Crippen molar-refractivity contribution >= 4 is 17.7 Å². The van der Waals surface area contributed by atoms with Gasteiger partial charge in [0.1, 0.15) is 5.82 Å². The monoisotopic (exact) mass is 298 g/mol. The summed E-state index contributed by atoms with van der Waals surface area (Å²) in [4.78, 5) is 25.8. The molecule has 1 aliphatic heterocycles. The van der Waals surface area contributed by atoms with E-state index in [1.165, 1.54) is 0 Å². The maximum atomic E-state index is 11.2. The van der Waals surface area contributed by atoms with Crippen LogP contribution in [0.5, 0.6) is 0 Å². The number of anilines is 2. The van der Waals surface area contributed by atoms with E-state index in [1.807, 2.05) is 12.1 Å². The highest BCUT2D eigenvalue weighted by Gasteiger charge is 2.27. The number of aromatic nitrogens is 3. The Morgan fingerprint density at radius 3 is 2.91 bits per heavy atom. The molecular weight excluding hydrogens is 280 g/mol. The summed E-state index contributed by atoms with van der Waals surface area (Å²) in [6.07, 6.45) is 7.17. The van der Waals surface area contributed by atoms with Crippen LogP contribution >= 0.6 is 0 Å². The lowest BCUT2D eigenvalue weighted by Crippen LogP contribution is -2.33. The van der Waals surface area contributed by atoms with Gasteiger partial charge in [-0.25, -0.2) is 15.0 Å². The highest BCUT2D eigenvalue weighted by Crippen LogP contribution is 2.32. The highest BCUT2D eigenvalue weighted by molar-refractivity contribution is 5.76. The van der Waals surface area contributed by atoms with Crippen molar-refractivity contribution in [2.75, 3.05) is 18.4 Å². The first-order chi connectivity index (χ1) is 10.7. The number of rotatable bonds is 5. The molecule has 0 aromatic carbocycles. The molecule has 3 N–H and O–H groups in total. The van der Waals surface area contributed by atoms with Gasteiger partial charge in [-0.1, -0.05) is 0 Å². The summed E-state index contributed by atoms with van der Waals surface area (Å²) in [5.74, 6) is 0.902. The number of primary amides is 1. The fraction of sp³-hybridized carbons (Fsp3) is 0.333. The van der Waals surface area contributed by atoms with Crippen LogP contribution in [-0.2, 0) is 4.79 Å². The van der Waals surface area contributed by atoms with Crippen molar-refractivity contribution in [3.8, 4) is 0 Å². The van der Waals surface area contributed by atoms with Gasteiger partial charge in [0.2, 0.25) is 11.9 Å². The van der Waals surface area contributed by atoms with Gasteiger partial charge in [-0.2, -0.15) is 0 Å². The summed E-state index contributed by atoms with van der Waals surface area (Å²) >= 11 is 0. The number of nitrogens with zero attached hydrogens (tertiary/aromatic N) is 4. The van der Waals surface area contributed by atoms with Crippen LogP contribution in [-0.4, -0.2) is 38.8 Å². The number of amides is 1. The van der Waals surface area contributed by atoms with Gasteiger partial charge in [-0.3, -0.25) is 9.69 Å². The Kier molecular flexibility index (Phi) is 4.24. The molecule has 1 fully saturated rings. The maximum Gasteiger partial charge on any atom is 0.231 e. The third-order valence-corrected chi connectivity index (χ3v) is 3.70. The largest absolute Gasteiger partial charge is 0.369 e.